The summed E-state index contributed by atoms with van der Waals surface area (Å²) in [7, 11) is 0. The molecule has 3 heteroatoms. The predicted octanol–water partition coefficient (Wildman–Crippen LogP) is 2.63. The average Bonchev–Trinajstić information content (AvgIpc) is 2.24. The molecule has 0 fully saturated rings. The van der Waals surface area contributed by atoms with Crippen molar-refractivity contribution in [2.45, 2.75) is 20.8 Å². The van der Waals surface area contributed by atoms with Crippen molar-refractivity contribution in [3.63, 3.8) is 0 Å². The van der Waals surface area contributed by atoms with Gasteiger partial charge in [0.1, 0.15) is 5.75 Å². The van der Waals surface area contributed by atoms with E-state index in [0.717, 1.165) is 11.3 Å². The molecule has 16 heavy (non-hydrogen) atoms. The minimum absolute atomic E-state index is 0.0706. The third kappa shape index (κ3) is 2.63. The van der Waals surface area contributed by atoms with E-state index in [1.54, 1.807) is 36.1 Å². The number of nitrogens with zero attached hydrogens (tertiary/aromatic N) is 1. The van der Waals surface area contributed by atoms with E-state index in [1.807, 2.05) is 13.8 Å². The predicted molar refractivity (Wildman–Crippen MR) is 65.7 cm³/mol. The van der Waals surface area contributed by atoms with Crippen LogP contribution in [0.1, 0.15) is 19.4 Å². The molecular formula is C13H17NO2. The second-order valence-corrected chi connectivity index (χ2v) is 3.55. The molecule has 0 aromatic heterocycles. The topological polar surface area (TPSA) is 40.5 Å². The number of anilines is 1. The molecule has 1 aromatic carbocycles. The summed E-state index contributed by atoms with van der Waals surface area (Å²) in [6.45, 7) is 6.21. The van der Waals surface area contributed by atoms with Gasteiger partial charge in [0.15, 0.2) is 0 Å². The van der Waals surface area contributed by atoms with E-state index in [1.165, 1.54) is 6.08 Å². The maximum absolute atomic E-state index is 11.8. The second kappa shape index (κ2) is 5.35. The summed E-state index contributed by atoms with van der Waals surface area (Å²) in [5.74, 6) is 0.103. The summed E-state index contributed by atoms with van der Waals surface area (Å²) in [5, 5.41) is 9.44. The van der Waals surface area contributed by atoms with Crippen molar-refractivity contribution in [1.82, 2.24) is 0 Å². The van der Waals surface area contributed by atoms with Gasteiger partial charge in [-0.05, 0) is 38.5 Å². The first-order chi connectivity index (χ1) is 7.60. The molecule has 1 aromatic rings. The highest BCUT2D eigenvalue weighted by atomic mass is 16.3. The third-order valence-corrected chi connectivity index (χ3v) is 2.38. The molecule has 1 N–H and O–H groups in total. The molecule has 1 rings (SSSR count). The van der Waals surface area contributed by atoms with Crippen LogP contribution in [0.4, 0.5) is 5.69 Å². The van der Waals surface area contributed by atoms with Crippen LogP contribution in [-0.4, -0.2) is 17.6 Å². The Balaban J connectivity index is 3.12. The maximum atomic E-state index is 11.8. The second-order valence-electron chi connectivity index (χ2n) is 3.55. The Morgan fingerprint density at radius 1 is 1.50 bits per heavy atom. The number of phenolic OH excluding ortho intramolecular Hbond substituents is 1. The normalized spacial score (nSPS) is 10.7. The van der Waals surface area contributed by atoms with Gasteiger partial charge in [-0.2, -0.15) is 0 Å². The van der Waals surface area contributed by atoms with Gasteiger partial charge in [-0.1, -0.05) is 12.1 Å². The number of carbonyl (C=O) groups excluding carboxylic acids is 1. The molecule has 0 aliphatic rings. The molecule has 0 saturated heterocycles. The van der Waals surface area contributed by atoms with E-state index < -0.39 is 0 Å². The van der Waals surface area contributed by atoms with Gasteiger partial charge >= 0.3 is 0 Å². The summed E-state index contributed by atoms with van der Waals surface area (Å²) >= 11 is 0. The Hall–Kier alpha value is -1.77. The molecule has 0 radical (unpaired) electrons. The van der Waals surface area contributed by atoms with Gasteiger partial charge in [0.25, 0.3) is 5.91 Å². The van der Waals surface area contributed by atoms with Crippen LogP contribution in [0, 0.1) is 6.92 Å². The maximum Gasteiger partial charge on any atom is 0.250 e. The lowest BCUT2D eigenvalue weighted by atomic mass is 10.1. The number of hydrogen-bond donors (Lipinski definition) is 1. The fourth-order valence-electron chi connectivity index (χ4n) is 1.57. The highest BCUT2D eigenvalue weighted by molar-refractivity contribution is 6.01. The number of carbonyl (C=O) groups is 1. The zero-order chi connectivity index (χ0) is 12.1. The number of aryl methyl sites for hydroxylation is 1. The molecule has 0 saturated carbocycles. The first-order valence-corrected chi connectivity index (χ1v) is 5.34. The van der Waals surface area contributed by atoms with Crippen molar-refractivity contribution >= 4 is 11.6 Å². The number of allylic oxidation sites excluding steroid dienone is 1. The Labute approximate surface area is 96.0 Å². The number of benzene rings is 1. The van der Waals surface area contributed by atoms with Gasteiger partial charge in [-0.25, -0.2) is 0 Å². The van der Waals surface area contributed by atoms with Crippen LogP contribution in [0.15, 0.2) is 30.4 Å². The van der Waals surface area contributed by atoms with Crippen LogP contribution >= 0.6 is 0 Å². The van der Waals surface area contributed by atoms with E-state index in [2.05, 4.69) is 0 Å². The van der Waals surface area contributed by atoms with Gasteiger partial charge in [0.05, 0.1) is 5.69 Å². The standard InChI is InChI=1S/C13H17NO2/c1-4-6-13(16)14(5-2)12-9-11(15)8-7-10(12)3/h4,6-9,15H,5H2,1-3H3/b6-4+. The van der Waals surface area contributed by atoms with Crippen LogP contribution in [0.2, 0.25) is 0 Å². The lowest BCUT2D eigenvalue weighted by Gasteiger charge is -2.21. The fourth-order valence-corrected chi connectivity index (χ4v) is 1.57. The van der Waals surface area contributed by atoms with Crippen molar-refractivity contribution in [3.05, 3.63) is 35.9 Å². The van der Waals surface area contributed by atoms with Crippen molar-refractivity contribution in [2.75, 3.05) is 11.4 Å². The largest absolute Gasteiger partial charge is 0.508 e. The van der Waals surface area contributed by atoms with Crippen LogP contribution in [-0.2, 0) is 4.79 Å². The summed E-state index contributed by atoms with van der Waals surface area (Å²) in [5.41, 5.74) is 1.73. The third-order valence-electron chi connectivity index (χ3n) is 2.38. The molecule has 0 heterocycles. The molecule has 0 aliphatic carbocycles. The average molecular weight is 219 g/mol. The minimum Gasteiger partial charge on any atom is -0.508 e. The number of amides is 1. The summed E-state index contributed by atoms with van der Waals surface area (Å²) < 4.78 is 0. The molecule has 0 aliphatic heterocycles. The van der Waals surface area contributed by atoms with E-state index in [4.69, 9.17) is 0 Å². The number of aromatic hydroxyl groups is 1. The zero-order valence-corrected chi connectivity index (χ0v) is 9.90. The van der Waals surface area contributed by atoms with Crippen molar-refractivity contribution < 1.29 is 9.90 Å². The van der Waals surface area contributed by atoms with Crippen molar-refractivity contribution in [3.8, 4) is 5.75 Å². The quantitative estimate of drug-likeness (QED) is 0.794. The minimum atomic E-state index is -0.0706. The zero-order valence-electron chi connectivity index (χ0n) is 9.90. The SMILES string of the molecule is C/C=C/C(=O)N(CC)c1cc(O)ccc1C. The summed E-state index contributed by atoms with van der Waals surface area (Å²) in [6.07, 6.45) is 3.23. The van der Waals surface area contributed by atoms with Gasteiger partial charge in [-0.3, -0.25) is 4.79 Å². The van der Waals surface area contributed by atoms with Crippen LogP contribution in [0.3, 0.4) is 0 Å². The molecule has 1 amide bonds. The lowest BCUT2D eigenvalue weighted by Crippen LogP contribution is -2.29. The Morgan fingerprint density at radius 2 is 2.19 bits per heavy atom. The molecule has 3 nitrogen and oxygen atoms in total. The van der Waals surface area contributed by atoms with Gasteiger partial charge in [0, 0.05) is 12.6 Å². The molecule has 0 spiro atoms. The first kappa shape index (κ1) is 12.3. The summed E-state index contributed by atoms with van der Waals surface area (Å²) in [6, 6.07) is 5.03. The Morgan fingerprint density at radius 3 is 2.75 bits per heavy atom. The van der Waals surface area contributed by atoms with Gasteiger partial charge in [-0.15, -0.1) is 0 Å². The summed E-state index contributed by atoms with van der Waals surface area (Å²) in [4.78, 5) is 13.4. The monoisotopic (exact) mass is 219 g/mol. The van der Waals surface area contributed by atoms with E-state index >= 15 is 0 Å². The number of rotatable bonds is 3. The number of phenols is 1. The highest BCUT2D eigenvalue weighted by Crippen LogP contribution is 2.25. The first-order valence-electron chi connectivity index (χ1n) is 5.34. The smallest absolute Gasteiger partial charge is 0.250 e. The molecule has 0 bridgehead atoms. The Kier molecular flexibility index (Phi) is 4.11. The van der Waals surface area contributed by atoms with Gasteiger partial charge < -0.3 is 10.0 Å². The van der Waals surface area contributed by atoms with Crippen LogP contribution < -0.4 is 4.90 Å². The molecule has 0 atom stereocenters. The van der Waals surface area contributed by atoms with Crippen molar-refractivity contribution in [2.24, 2.45) is 0 Å². The van der Waals surface area contributed by atoms with Crippen LogP contribution in [0.5, 0.6) is 5.75 Å². The molecule has 86 valence electrons. The number of hydrogen-bond acceptors (Lipinski definition) is 2. The van der Waals surface area contributed by atoms with Crippen LogP contribution in [0.25, 0.3) is 0 Å². The van der Waals surface area contributed by atoms with E-state index in [9.17, 15) is 9.90 Å². The fraction of sp³-hybridized carbons (Fsp3) is 0.308. The number of likely N-dealkylation sites (N-methyl/N-ethyl adjacent to an activating group) is 1. The van der Waals surface area contributed by atoms with Crippen molar-refractivity contribution in [1.29, 1.82) is 0 Å². The lowest BCUT2D eigenvalue weighted by molar-refractivity contribution is -0.114. The Bertz CT molecular complexity index is 410. The van der Waals surface area contributed by atoms with E-state index in [-0.39, 0.29) is 11.7 Å². The van der Waals surface area contributed by atoms with Gasteiger partial charge in [0.2, 0.25) is 0 Å². The molecule has 0 unspecified atom stereocenters. The molecular weight excluding hydrogens is 202 g/mol. The van der Waals surface area contributed by atoms with E-state index in [0.29, 0.717) is 6.54 Å². The highest BCUT2D eigenvalue weighted by Gasteiger charge is 2.13.